The van der Waals surface area contributed by atoms with Gasteiger partial charge in [-0.25, -0.2) is 0 Å². The van der Waals surface area contributed by atoms with E-state index in [1.54, 1.807) is 0 Å². The zero-order chi connectivity index (χ0) is 10.6. The first kappa shape index (κ1) is 11.7. The highest BCUT2D eigenvalue weighted by Gasteiger charge is 2.04. The molecule has 1 aromatic rings. The highest BCUT2D eigenvalue weighted by atomic mass is 35.5. The van der Waals surface area contributed by atoms with Crippen molar-refractivity contribution < 1.29 is 4.74 Å². The number of benzene rings is 1. The Labute approximate surface area is 95.0 Å². The van der Waals surface area contributed by atoms with Crippen molar-refractivity contribution in [2.75, 3.05) is 6.61 Å². The minimum Gasteiger partial charge on any atom is -0.493 e. The molecule has 0 aromatic heterocycles. The molecule has 78 valence electrons. The molecular formula is C11H14Cl2O. The van der Waals surface area contributed by atoms with E-state index in [2.05, 4.69) is 13.8 Å². The molecule has 0 atom stereocenters. The lowest BCUT2D eigenvalue weighted by Crippen LogP contribution is -2.04. The number of rotatable bonds is 4. The maximum absolute atomic E-state index is 5.75. The highest BCUT2D eigenvalue weighted by molar-refractivity contribution is 6.44. The molecule has 0 aliphatic rings. The van der Waals surface area contributed by atoms with Crippen molar-refractivity contribution in [2.45, 2.75) is 18.7 Å². The first-order valence-electron chi connectivity index (χ1n) is 4.60. The number of hydrogen-bond donors (Lipinski definition) is 0. The molecule has 0 radical (unpaired) electrons. The number of hydrogen-bond acceptors (Lipinski definition) is 1. The molecule has 0 bridgehead atoms. The second-order valence-electron chi connectivity index (χ2n) is 3.58. The number of ether oxygens (including phenoxy) is 1. The molecular weight excluding hydrogens is 219 g/mol. The Morgan fingerprint density at radius 2 is 2.00 bits per heavy atom. The van der Waals surface area contributed by atoms with Crippen LogP contribution in [0.3, 0.4) is 0 Å². The van der Waals surface area contributed by atoms with Crippen LogP contribution in [0.4, 0.5) is 0 Å². The molecule has 0 N–H and O–H groups in total. The summed E-state index contributed by atoms with van der Waals surface area (Å²) in [4.78, 5) is -0.488. The molecule has 0 amide bonds. The summed E-state index contributed by atoms with van der Waals surface area (Å²) in [6.07, 6.45) is 0. The fraction of sp³-hybridized carbons (Fsp3) is 0.455. The van der Waals surface area contributed by atoms with Crippen LogP contribution in [-0.2, 0) is 0 Å². The summed E-state index contributed by atoms with van der Waals surface area (Å²) in [5, 5.41) is 0. The first-order chi connectivity index (χ1) is 6.59. The lowest BCUT2D eigenvalue weighted by atomic mass is 10.2. The van der Waals surface area contributed by atoms with Gasteiger partial charge in [0.25, 0.3) is 0 Å². The summed E-state index contributed by atoms with van der Waals surface area (Å²) in [5.74, 6) is 1.34. The summed E-state index contributed by atoms with van der Waals surface area (Å²) in [5.41, 5.74) is 0.870. The van der Waals surface area contributed by atoms with Crippen molar-refractivity contribution in [3.63, 3.8) is 0 Å². The van der Waals surface area contributed by atoms with E-state index >= 15 is 0 Å². The topological polar surface area (TPSA) is 9.23 Å². The van der Waals surface area contributed by atoms with Gasteiger partial charge in [-0.3, -0.25) is 0 Å². The van der Waals surface area contributed by atoms with Crippen LogP contribution in [0.15, 0.2) is 24.3 Å². The molecule has 0 aliphatic heterocycles. The van der Waals surface area contributed by atoms with Gasteiger partial charge in [0.15, 0.2) is 0 Å². The van der Waals surface area contributed by atoms with Crippen LogP contribution in [-0.4, -0.2) is 6.61 Å². The third kappa shape index (κ3) is 3.77. The van der Waals surface area contributed by atoms with Gasteiger partial charge >= 0.3 is 0 Å². The zero-order valence-electron chi connectivity index (χ0n) is 8.34. The van der Waals surface area contributed by atoms with Crippen molar-refractivity contribution in [1.82, 2.24) is 0 Å². The zero-order valence-corrected chi connectivity index (χ0v) is 9.85. The van der Waals surface area contributed by atoms with Gasteiger partial charge in [-0.1, -0.05) is 26.0 Å². The van der Waals surface area contributed by atoms with Crippen LogP contribution < -0.4 is 4.74 Å². The van der Waals surface area contributed by atoms with Gasteiger partial charge in [0.1, 0.15) is 10.6 Å². The maximum atomic E-state index is 5.75. The fourth-order valence-corrected chi connectivity index (χ4v) is 1.27. The molecule has 0 saturated heterocycles. The monoisotopic (exact) mass is 232 g/mol. The van der Waals surface area contributed by atoms with E-state index in [0.717, 1.165) is 11.3 Å². The molecule has 3 heteroatoms. The van der Waals surface area contributed by atoms with E-state index in [4.69, 9.17) is 27.9 Å². The molecule has 0 saturated carbocycles. The smallest absolute Gasteiger partial charge is 0.132 e. The SMILES string of the molecule is CC(C)COc1cccc(C(Cl)Cl)c1. The Morgan fingerprint density at radius 1 is 1.29 bits per heavy atom. The highest BCUT2D eigenvalue weighted by Crippen LogP contribution is 2.27. The predicted octanol–water partition coefficient (Wildman–Crippen LogP) is 4.20. The Balaban J connectivity index is 2.64. The van der Waals surface area contributed by atoms with Crippen molar-refractivity contribution in [3.05, 3.63) is 29.8 Å². The summed E-state index contributed by atoms with van der Waals surface area (Å²) in [7, 11) is 0. The number of halogens is 2. The van der Waals surface area contributed by atoms with Crippen LogP contribution >= 0.6 is 23.2 Å². The standard InChI is InChI=1S/C11H14Cl2O/c1-8(2)7-14-10-5-3-4-9(6-10)11(12)13/h3-6,8,11H,7H2,1-2H3. The summed E-state index contributed by atoms with van der Waals surface area (Å²) < 4.78 is 5.54. The van der Waals surface area contributed by atoms with Gasteiger partial charge in [0.2, 0.25) is 0 Å². The summed E-state index contributed by atoms with van der Waals surface area (Å²) >= 11 is 11.5. The summed E-state index contributed by atoms with van der Waals surface area (Å²) in [6.45, 7) is 4.92. The Hall–Kier alpha value is -0.400. The van der Waals surface area contributed by atoms with Crippen LogP contribution in [0.25, 0.3) is 0 Å². The van der Waals surface area contributed by atoms with Gasteiger partial charge < -0.3 is 4.74 Å². The van der Waals surface area contributed by atoms with Crippen LogP contribution in [0.1, 0.15) is 24.2 Å². The quantitative estimate of drug-likeness (QED) is 0.708. The maximum Gasteiger partial charge on any atom is 0.132 e. The molecule has 1 rings (SSSR count). The minimum atomic E-state index is -0.488. The third-order valence-corrected chi connectivity index (χ3v) is 2.20. The Kier molecular flexibility index (Phi) is 4.56. The van der Waals surface area contributed by atoms with Crippen molar-refractivity contribution >= 4 is 23.2 Å². The van der Waals surface area contributed by atoms with Crippen molar-refractivity contribution in [1.29, 1.82) is 0 Å². The number of alkyl halides is 2. The van der Waals surface area contributed by atoms with Gasteiger partial charge in [-0.05, 0) is 23.6 Å². The van der Waals surface area contributed by atoms with Crippen molar-refractivity contribution in [3.8, 4) is 5.75 Å². The fourth-order valence-electron chi connectivity index (χ4n) is 1.00. The second kappa shape index (κ2) is 5.47. The minimum absolute atomic E-state index is 0.488. The van der Waals surface area contributed by atoms with E-state index in [9.17, 15) is 0 Å². The van der Waals surface area contributed by atoms with E-state index < -0.39 is 4.84 Å². The van der Waals surface area contributed by atoms with Crippen molar-refractivity contribution in [2.24, 2.45) is 5.92 Å². The lowest BCUT2D eigenvalue weighted by molar-refractivity contribution is 0.271. The van der Waals surface area contributed by atoms with E-state index in [-0.39, 0.29) is 0 Å². The molecule has 0 fully saturated rings. The van der Waals surface area contributed by atoms with Gasteiger partial charge in [-0.2, -0.15) is 0 Å². The molecule has 0 unspecified atom stereocenters. The van der Waals surface area contributed by atoms with Crippen LogP contribution in [0.5, 0.6) is 5.75 Å². The molecule has 14 heavy (non-hydrogen) atoms. The molecule has 0 spiro atoms. The molecule has 0 heterocycles. The van der Waals surface area contributed by atoms with E-state index in [0.29, 0.717) is 12.5 Å². The molecule has 1 aromatic carbocycles. The van der Waals surface area contributed by atoms with Gasteiger partial charge in [-0.15, -0.1) is 23.2 Å². The predicted molar refractivity (Wildman–Crippen MR) is 61.2 cm³/mol. The first-order valence-corrected chi connectivity index (χ1v) is 5.48. The van der Waals surface area contributed by atoms with E-state index in [1.807, 2.05) is 24.3 Å². The summed E-state index contributed by atoms with van der Waals surface area (Å²) in [6, 6.07) is 7.55. The van der Waals surface area contributed by atoms with Gasteiger partial charge in [0, 0.05) is 0 Å². The largest absolute Gasteiger partial charge is 0.493 e. The lowest BCUT2D eigenvalue weighted by Gasteiger charge is -2.10. The van der Waals surface area contributed by atoms with Crippen LogP contribution in [0.2, 0.25) is 0 Å². The van der Waals surface area contributed by atoms with Gasteiger partial charge in [0.05, 0.1) is 6.61 Å². The third-order valence-electron chi connectivity index (χ3n) is 1.69. The van der Waals surface area contributed by atoms with Crippen LogP contribution in [0, 0.1) is 5.92 Å². The average molecular weight is 233 g/mol. The average Bonchev–Trinajstić information content (AvgIpc) is 2.15. The van der Waals surface area contributed by atoms with E-state index in [1.165, 1.54) is 0 Å². The Bertz CT molecular complexity index is 284. The molecule has 1 nitrogen and oxygen atoms in total. The second-order valence-corrected chi connectivity index (χ2v) is 4.67. The Morgan fingerprint density at radius 3 is 2.57 bits per heavy atom. The molecule has 0 aliphatic carbocycles. The normalized spacial score (nSPS) is 11.0.